The molecule has 112 valence electrons. The van der Waals surface area contributed by atoms with Gasteiger partial charge in [-0.3, -0.25) is 5.32 Å². The van der Waals surface area contributed by atoms with Crippen LogP contribution in [0.5, 0.6) is 11.5 Å². The third-order valence-electron chi connectivity index (χ3n) is 4.14. The van der Waals surface area contributed by atoms with Gasteiger partial charge in [0.25, 0.3) is 0 Å². The number of carbonyl (C=O) groups excluding carboxylic acids is 1. The van der Waals surface area contributed by atoms with Crippen LogP contribution in [0.25, 0.3) is 0 Å². The van der Waals surface area contributed by atoms with Crippen molar-refractivity contribution >= 4 is 11.8 Å². The first kappa shape index (κ1) is 13.1. The lowest BCUT2D eigenvalue weighted by molar-refractivity contribution is 0.215. The Bertz CT molecular complexity index is 741. The Hall–Kier alpha value is -2.56. The number of benzene rings is 2. The minimum absolute atomic E-state index is 0.123. The minimum atomic E-state index is -0.662. The maximum absolute atomic E-state index is 14.3. The van der Waals surface area contributed by atoms with Crippen LogP contribution >= 0.6 is 0 Å². The largest absolute Gasteiger partial charge is 0.492 e. The number of hydrogen-bond acceptors (Lipinski definition) is 3. The number of ether oxygens (including phenoxy) is 2. The monoisotopic (exact) mass is 299 g/mol. The Balaban J connectivity index is 1.52. The van der Waals surface area contributed by atoms with Crippen LogP contribution in [0.4, 0.5) is 14.9 Å². The lowest BCUT2D eigenvalue weighted by Gasteiger charge is -2.10. The molecular formula is C17H14FNO3. The van der Waals surface area contributed by atoms with E-state index >= 15 is 0 Å². The summed E-state index contributed by atoms with van der Waals surface area (Å²) in [4.78, 5) is 11.8. The first-order valence-corrected chi connectivity index (χ1v) is 7.17. The molecule has 2 aliphatic rings. The Morgan fingerprint density at radius 1 is 1.23 bits per heavy atom. The molecule has 4 nitrogen and oxygen atoms in total. The lowest BCUT2D eigenvalue weighted by atomic mass is 9.97. The van der Waals surface area contributed by atoms with Crippen LogP contribution in [-0.2, 0) is 5.41 Å². The predicted molar refractivity (Wildman–Crippen MR) is 78.9 cm³/mol. The molecule has 1 heterocycles. The molecule has 0 unspecified atom stereocenters. The van der Waals surface area contributed by atoms with Crippen LogP contribution in [0.1, 0.15) is 18.4 Å². The average molecular weight is 299 g/mol. The van der Waals surface area contributed by atoms with Gasteiger partial charge in [-0.15, -0.1) is 0 Å². The number of fused-ring (bicyclic) bond motifs is 2. The van der Waals surface area contributed by atoms with Crippen LogP contribution in [0.3, 0.4) is 0 Å². The van der Waals surface area contributed by atoms with E-state index in [0.717, 1.165) is 12.8 Å². The fourth-order valence-electron chi connectivity index (χ4n) is 2.85. The SMILES string of the molecule is O=C(Nc1cc(F)c2c(c1)OCC21CC1)Oc1ccccc1. The molecule has 1 fully saturated rings. The van der Waals surface area contributed by atoms with Crippen LogP contribution in [0.15, 0.2) is 42.5 Å². The fraction of sp³-hybridized carbons (Fsp3) is 0.235. The molecule has 22 heavy (non-hydrogen) atoms. The van der Waals surface area contributed by atoms with Gasteiger partial charge in [0.05, 0.1) is 12.3 Å². The maximum Gasteiger partial charge on any atom is 0.417 e. The normalized spacial score (nSPS) is 16.8. The third kappa shape index (κ3) is 2.19. The van der Waals surface area contributed by atoms with Crippen LogP contribution in [0, 0.1) is 5.82 Å². The molecule has 1 spiro atoms. The summed E-state index contributed by atoms with van der Waals surface area (Å²) in [5, 5.41) is 2.53. The van der Waals surface area contributed by atoms with Gasteiger partial charge in [0, 0.05) is 17.0 Å². The van der Waals surface area contributed by atoms with Crippen molar-refractivity contribution in [3.05, 3.63) is 53.8 Å². The molecule has 2 aromatic rings. The number of anilines is 1. The van der Waals surface area contributed by atoms with Crippen molar-refractivity contribution in [1.82, 2.24) is 0 Å². The van der Waals surface area contributed by atoms with Crippen LogP contribution < -0.4 is 14.8 Å². The first-order valence-electron chi connectivity index (χ1n) is 7.17. The average Bonchev–Trinajstić information content (AvgIpc) is 3.16. The van der Waals surface area contributed by atoms with E-state index in [2.05, 4.69) is 5.32 Å². The van der Waals surface area contributed by atoms with Crippen molar-refractivity contribution in [1.29, 1.82) is 0 Å². The molecule has 4 rings (SSSR count). The van der Waals surface area contributed by atoms with Gasteiger partial charge in [0.15, 0.2) is 0 Å². The van der Waals surface area contributed by atoms with E-state index in [0.29, 0.717) is 29.4 Å². The van der Waals surface area contributed by atoms with Crippen molar-refractivity contribution in [3.8, 4) is 11.5 Å². The highest BCUT2D eigenvalue weighted by Gasteiger charge is 2.52. The topological polar surface area (TPSA) is 47.6 Å². The highest BCUT2D eigenvalue weighted by molar-refractivity contribution is 5.86. The summed E-state index contributed by atoms with van der Waals surface area (Å²) in [5.41, 5.74) is 0.854. The number of carbonyl (C=O) groups is 1. The molecule has 1 amide bonds. The zero-order valence-electron chi connectivity index (χ0n) is 11.8. The van der Waals surface area contributed by atoms with E-state index in [4.69, 9.17) is 9.47 Å². The summed E-state index contributed by atoms with van der Waals surface area (Å²) in [6, 6.07) is 11.7. The second-order valence-corrected chi connectivity index (χ2v) is 5.73. The summed E-state index contributed by atoms with van der Waals surface area (Å²) in [5.74, 6) is 0.616. The number of halogens is 1. The van der Waals surface area contributed by atoms with Crippen LogP contribution in [0.2, 0.25) is 0 Å². The van der Waals surface area contributed by atoms with E-state index in [1.54, 1.807) is 30.3 Å². The van der Waals surface area contributed by atoms with Crippen molar-refractivity contribution < 1.29 is 18.7 Å². The smallest absolute Gasteiger partial charge is 0.417 e. The van der Waals surface area contributed by atoms with Gasteiger partial charge in [0.2, 0.25) is 0 Å². The molecular weight excluding hydrogens is 285 g/mol. The van der Waals surface area contributed by atoms with E-state index in [1.807, 2.05) is 6.07 Å². The van der Waals surface area contributed by atoms with E-state index in [1.165, 1.54) is 6.07 Å². The second kappa shape index (κ2) is 4.73. The van der Waals surface area contributed by atoms with Crippen molar-refractivity contribution in [2.24, 2.45) is 0 Å². The molecule has 0 saturated heterocycles. The van der Waals surface area contributed by atoms with E-state index < -0.39 is 6.09 Å². The zero-order valence-corrected chi connectivity index (χ0v) is 11.8. The van der Waals surface area contributed by atoms with Crippen molar-refractivity contribution in [2.75, 3.05) is 11.9 Å². The van der Waals surface area contributed by atoms with Gasteiger partial charge in [-0.1, -0.05) is 18.2 Å². The molecule has 0 radical (unpaired) electrons. The Labute approximate surface area is 126 Å². The Morgan fingerprint density at radius 2 is 2.00 bits per heavy atom. The summed E-state index contributed by atoms with van der Waals surface area (Å²) in [6.45, 7) is 0.525. The molecule has 5 heteroatoms. The van der Waals surface area contributed by atoms with Gasteiger partial charge < -0.3 is 9.47 Å². The molecule has 1 aliphatic carbocycles. The Morgan fingerprint density at radius 3 is 2.73 bits per heavy atom. The highest BCUT2D eigenvalue weighted by Crippen LogP contribution is 2.56. The molecule has 1 aliphatic heterocycles. The predicted octanol–water partition coefficient (Wildman–Crippen LogP) is 3.86. The standard InChI is InChI=1S/C17H14FNO3/c18-13-8-11(9-14-15(13)17(6-7-17)10-21-14)19-16(20)22-12-4-2-1-3-5-12/h1-5,8-9H,6-7,10H2,(H,19,20). The minimum Gasteiger partial charge on any atom is -0.492 e. The molecule has 1 saturated carbocycles. The van der Waals surface area contributed by atoms with Gasteiger partial charge >= 0.3 is 6.09 Å². The van der Waals surface area contributed by atoms with Crippen molar-refractivity contribution in [3.63, 3.8) is 0 Å². The summed E-state index contributed by atoms with van der Waals surface area (Å²) >= 11 is 0. The van der Waals surface area contributed by atoms with E-state index in [-0.39, 0.29) is 11.2 Å². The fourth-order valence-corrected chi connectivity index (χ4v) is 2.85. The van der Waals surface area contributed by atoms with E-state index in [9.17, 15) is 9.18 Å². The van der Waals surface area contributed by atoms with Gasteiger partial charge in [-0.05, 0) is 31.0 Å². The molecule has 0 bridgehead atoms. The highest BCUT2D eigenvalue weighted by atomic mass is 19.1. The number of rotatable bonds is 2. The maximum atomic E-state index is 14.3. The number of hydrogen-bond donors (Lipinski definition) is 1. The second-order valence-electron chi connectivity index (χ2n) is 5.73. The quantitative estimate of drug-likeness (QED) is 0.916. The molecule has 0 atom stereocenters. The zero-order chi connectivity index (χ0) is 15.2. The number of para-hydroxylation sites is 1. The molecule has 0 aromatic heterocycles. The summed E-state index contributed by atoms with van der Waals surface area (Å²) in [7, 11) is 0. The summed E-state index contributed by atoms with van der Waals surface area (Å²) in [6.07, 6.45) is 1.25. The van der Waals surface area contributed by atoms with Crippen LogP contribution in [-0.4, -0.2) is 12.7 Å². The first-order chi connectivity index (χ1) is 10.7. The third-order valence-corrected chi connectivity index (χ3v) is 4.14. The summed E-state index contributed by atoms with van der Waals surface area (Å²) < 4.78 is 25.0. The van der Waals surface area contributed by atoms with Gasteiger partial charge in [-0.25, -0.2) is 9.18 Å². The molecule has 1 N–H and O–H groups in total. The van der Waals surface area contributed by atoms with Crippen molar-refractivity contribution in [2.45, 2.75) is 18.3 Å². The number of nitrogens with one attached hydrogen (secondary N) is 1. The van der Waals surface area contributed by atoms with Gasteiger partial charge in [-0.2, -0.15) is 0 Å². The molecule has 2 aromatic carbocycles. The number of amides is 1. The lowest BCUT2D eigenvalue weighted by Crippen LogP contribution is -2.17. The van der Waals surface area contributed by atoms with Gasteiger partial charge in [0.1, 0.15) is 17.3 Å². The Kier molecular flexibility index (Phi) is 2.82.